The lowest BCUT2D eigenvalue weighted by molar-refractivity contribution is -0.117. The number of rotatable bonds is 10. The van der Waals surface area contributed by atoms with Gasteiger partial charge in [-0.25, -0.2) is 8.42 Å². The van der Waals surface area contributed by atoms with Crippen molar-refractivity contribution in [2.24, 2.45) is 0 Å². The van der Waals surface area contributed by atoms with Gasteiger partial charge >= 0.3 is 0 Å². The Balaban J connectivity index is 2.38. The summed E-state index contributed by atoms with van der Waals surface area (Å²) in [5, 5.41) is 5.51. The predicted octanol–water partition coefficient (Wildman–Crippen LogP) is 3.02. The van der Waals surface area contributed by atoms with Crippen LogP contribution in [0.2, 0.25) is 0 Å². The Bertz CT molecular complexity index is 1020. The van der Waals surface area contributed by atoms with Crippen molar-refractivity contribution in [1.29, 1.82) is 0 Å². The number of sulfonamides is 1. The zero-order valence-corrected chi connectivity index (χ0v) is 19.0. The minimum absolute atomic E-state index is 0.223. The molecule has 0 aliphatic rings. The third kappa shape index (κ3) is 6.21. The maximum Gasteiger partial charge on any atom is 0.253 e. The van der Waals surface area contributed by atoms with Crippen LogP contribution in [0.1, 0.15) is 37.0 Å². The van der Waals surface area contributed by atoms with E-state index < -0.39 is 22.0 Å². The van der Waals surface area contributed by atoms with E-state index in [1.54, 1.807) is 55.5 Å². The van der Waals surface area contributed by atoms with Crippen molar-refractivity contribution < 1.29 is 22.7 Å². The first kappa shape index (κ1) is 24.2. The molecule has 0 unspecified atom stereocenters. The second-order valence-corrected chi connectivity index (χ2v) is 8.83. The van der Waals surface area contributed by atoms with Crippen LogP contribution in [0, 0.1) is 0 Å². The van der Waals surface area contributed by atoms with E-state index in [1.165, 1.54) is 7.11 Å². The van der Waals surface area contributed by atoms with E-state index in [0.717, 1.165) is 17.0 Å². The van der Waals surface area contributed by atoms with Gasteiger partial charge in [-0.05, 0) is 37.1 Å². The Morgan fingerprint density at radius 2 is 1.81 bits per heavy atom. The first-order valence-corrected chi connectivity index (χ1v) is 11.9. The van der Waals surface area contributed by atoms with Crippen molar-refractivity contribution in [3.05, 3.63) is 54.1 Å². The molecule has 0 aromatic heterocycles. The van der Waals surface area contributed by atoms with Crippen LogP contribution in [-0.4, -0.2) is 46.2 Å². The van der Waals surface area contributed by atoms with Crippen LogP contribution in [0.3, 0.4) is 0 Å². The van der Waals surface area contributed by atoms with Crippen molar-refractivity contribution in [3.63, 3.8) is 0 Å². The van der Waals surface area contributed by atoms with E-state index in [0.29, 0.717) is 29.2 Å². The lowest BCUT2D eigenvalue weighted by Crippen LogP contribution is -2.47. The summed E-state index contributed by atoms with van der Waals surface area (Å²) in [6.45, 7) is 4.18. The minimum atomic E-state index is -3.79. The molecule has 2 aromatic carbocycles. The maximum absolute atomic E-state index is 13.2. The van der Waals surface area contributed by atoms with Gasteiger partial charge in [-0.3, -0.25) is 13.9 Å². The maximum atomic E-state index is 13.2. The van der Waals surface area contributed by atoms with Gasteiger partial charge in [0, 0.05) is 12.6 Å². The Hall–Kier alpha value is -3.07. The molecule has 0 saturated carbocycles. The van der Waals surface area contributed by atoms with E-state index in [9.17, 15) is 18.0 Å². The van der Waals surface area contributed by atoms with E-state index in [4.69, 9.17) is 4.74 Å². The first-order valence-electron chi connectivity index (χ1n) is 10.0. The SMILES string of the molecule is CCCNC(=O)c1ccccc1NC(=O)[C@@H](CC)N(c1cccc(OC)c1)S(C)(=O)=O. The second kappa shape index (κ2) is 10.8. The molecule has 8 nitrogen and oxygen atoms in total. The van der Waals surface area contributed by atoms with Crippen LogP contribution in [0.5, 0.6) is 5.75 Å². The predicted molar refractivity (Wildman–Crippen MR) is 122 cm³/mol. The molecule has 1 atom stereocenters. The van der Waals surface area contributed by atoms with Crippen molar-refractivity contribution in [3.8, 4) is 5.75 Å². The van der Waals surface area contributed by atoms with E-state index in [1.807, 2.05) is 6.92 Å². The molecule has 2 amide bonds. The topological polar surface area (TPSA) is 105 Å². The molecule has 2 aromatic rings. The van der Waals surface area contributed by atoms with Gasteiger partial charge < -0.3 is 15.4 Å². The highest BCUT2D eigenvalue weighted by molar-refractivity contribution is 7.92. The molecule has 0 radical (unpaired) electrons. The summed E-state index contributed by atoms with van der Waals surface area (Å²) >= 11 is 0. The van der Waals surface area contributed by atoms with E-state index in [2.05, 4.69) is 10.6 Å². The lowest BCUT2D eigenvalue weighted by Gasteiger charge is -2.30. The number of hydrogen-bond acceptors (Lipinski definition) is 5. The number of nitrogens with one attached hydrogen (secondary N) is 2. The standard InChI is InChI=1S/C22H29N3O5S/c1-5-14-23-21(26)18-12-7-8-13-19(18)24-22(27)20(6-2)25(31(4,28)29)16-10-9-11-17(15-16)30-3/h7-13,15,20H,5-6,14H2,1-4H3,(H,23,26)(H,24,27)/t20-/m1/s1. The second-order valence-electron chi connectivity index (χ2n) is 6.98. The average Bonchev–Trinajstić information content (AvgIpc) is 2.75. The smallest absolute Gasteiger partial charge is 0.253 e. The van der Waals surface area contributed by atoms with Crippen molar-refractivity contribution in [1.82, 2.24) is 5.32 Å². The Kier molecular flexibility index (Phi) is 8.44. The Morgan fingerprint density at radius 1 is 1.10 bits per heavy atom. The van der Waals surface area contributed by atoms with Gasteiger partial charge in [0.05, 0.1) is 30.3 Å². The molecular formula is C22H29N3O5S. The van der Waals surface area contributed by atoms with Crippen LogP contribution in [0.15, 0.2) is 48.5 Å². The van der Waals surface area contributed by atoms with Gasteiger partial charge in [0.2, 0.25) is 15.9 Å². The molecule has 0 bridgehead atoms. The normalized spacial score (nSPS) is 12.0. The number of methoxy groups -OCH3 is 1. The zero-order chi connectivity index (χ0) is 23.0. The fourth-order valence-corrected chi connectivity index (χ4v) is 4.35. The highest BCUT2D eigenvalue weighted by Gasteiger charge is 2.32. The summed E-state index contributed by atoms with van der Waals surface area (Å²) in [4.78, 5) is 25.6. The van der Waals surface area contributed by atoms with Gasteiger partial charge in [0.25, 0.3) is 5.91 Å². The highest BCUT2D eigenvalue weighted by atomic mass is 32.2. The monoisotopic (exact) mass is 447 g/mol. The van der Waals surface area contributed by atoms with Gasteiger partial charge in [-0.1, -0.05) is 32.0 Å². The minimum Gasteiger partial charge on any atom is -0.497 e. The van der Waals surface area contributed by atoms with Crippen molar-refractivity contribution in [2.45, 2.75) is 32.7 Å². The van der Waals surface area contributed by atoms with E-state index in [-0.39, 0.29) is 12.3 Å². The largest absolute Gasteiger partial charge is 0.497 e. The van der Waals surface area contributed by atoms with Crippen LogP contribution >= 0.6 is 0 Å². The van der Waals surface area contributed by atoms with Gasteiger partial charge in [-0.2, -0.15) is 0 Å². The number of anilines is 2. The lowest BCUT2D eigenvalue weighted by atomic mass is 10.1. The fraction of sp³-hybridized carbons (Fsp3) is 0.364. The molecule has 2 N–H and O–H groups in total. The quantitative estimate of drug-likeness (QED) is 0.583. The number of carbonyl (C=O) groups is 2. The molecular weight excluding hydrogens is 418 g/mol. The van der Waals surface area contributed by atoms with Crippen molar-refractivity contribution >= 4 is 33.2 Å². The fourth-order valence-electron chi connectivity index (χ4n) is 3.15. The summed E-state index contributed by atoms with van der Waals surface area (Å²) in [5.41, 5.74) is 0.947. The number of ether oxygens (including phenoxy) is 1. The number of nitrogens with zero attached hydrogens (tertiary/aromatic N) is 1. The summed E-state index contributed by atoms with van der Waals surface area (Å²) in [6, 6.07) is 12.1. The molecule has 2 rings (SSSR count). The van der Waals surface area contributed by atoms with Gasteiger partial charge in [0.15, 0.2) is 0 Å². The average molecular weight is 448 g/mol. The van der Waals surface area contributed by atoms with Crippen LogP contribution < -0.4 is 19.7 Å². The zero-order valence-electron chi connectivity index (χ0n) is 18.2. The molecule has 0 saturated heterocycles. The summed E-state index contributed by atoms with van der Waals surface area (Å²) in [5.74, 6) is -0.371. The molecule has 0 aliphatic heterocycles. The summed E-state index contributed by atoms with van der Waals surface area (Å²) < 4.78 is 31.5. The number of hydrogen-bond donors (Lipinski definition) is 2. The molecule has 31 heavy (non-hydrogen) atoms. The van der Waals surface area contributed by atoms with E-state index >= 15 is 0 Å². The highest BCUT2D eigenvalue weighted by Crippen LogP contribution is 2.27. The number of carbonyl (C=O) groups excluding carboxylic acids is 2. The Labute approximate surface area is 183 Å². The molecule has 0 spiro atoms. The third-order valence-electron chi connectivity index (χ3n) is 4.60. The number of para-hydroxylation sites is 1. The molecule has 9 heteroatoms. The molecule has 0 aliphatic carbocycles. The number of amides is 2. The third-order valence-corrected chi connectivity index (χ3v) is 5.78. The van der Waals surface area contributed by atoms with Gasteiger partial charge in [-0.15, -0.1) is 0 Å². The van der Waals surface area contributed by atoms with Gasteiger partial charge in [0.1, 0.15) is 11.8 Å². The van der Waals surface area contributed by atoms with Crippen molar-refractivity contribution in [2.75, 3.05) is 29.5 Å². The number of benzene rings is 2. The molecule has 0 fully saturated rings. The van der Waals surface area contributed by atoms with Crippen LogP contribution in [0.4, 0.5) is 11.4 Å². The summed E-state index contributed by atoms with van der Waals surface area (Å²) in [6.07, 6.45) is 2.05. The molecule has 0 heterocycles. The first-order chi connectivity index (χ1) is 14.7. The Morgan fingerprint density at radius 3 is 2.42 bits per heavy atom. The molecule has 168 valence electrons. The van der Waals surface area contributed by atoms with Crippen LogP contribution in [-0.2, 0) is 14.8 Å². The van der Waals surface area contributed by atoms with Crippen LogP contribution in [0.25, 0.3) is 0 Å². The summed E-state index contributed by atoms with van der Waals surface area (Å²) in [7, 11) is -2.31.